The third kappa shape index (κ3) is 3.14. The normalized spacial score (nSPS) is 11.6. The van der Waals surface area contributed by atoms with Gasteiger partial charge in [0.15, 0.2) is 0 Å². The number of rotatable bonds is 3. The van der Waals surface area contributed by atoms with Crippen molar-refractivity contribution in [3.8, 4) is 0 Å². The van der Waals surface area contributed by atoms with Crippen molar-refractivity contribution in [3.05, 3.63) is 28.8 Å². The van der Waals surface area contributed by atoms with Crippen LogP contribution in [0.2, 0.25) is 0 Å². The molecule has 1 aromatic carbocycles. The van der Waals surface area contributed by atoms with Gasteiger partial charge in [0.2, 0.25) is 0 Å². The molecule has 0 aromatic heterocycles. The summed E-state index contributed by atoms with van der Waals surface area (Å²) in [6.07, 6.45) is 0. The molecule has 0 radical (unpaired) electrons. The summed E-state index contributed by atoms with van der Waals surface area (Å²) < 4.78 is 0. The summed E-state index contributed by atoms with van der Waals surface area (Å²) in [6.45, 7) is 10.6. The molecule has 1 aromatic rings. The number of benzene rings is 1. The predicted molar refractivity (Wildman–Crippen MR) is 71.2 cm³/mol. The van der Waals surface area contributed by atoms with Crippen molar-refractivity contribution in [1.29, 1.82) is 5.41 Å². The van der Waals surface area contributed by atoms with Crippen LogP contribution < -0.4 is 5.30 Å². The Labute approximate surface area is 94.6 Å². The van der Waals surface area contributed by atoms with Crippen LogP contribution in [0, 0.1) is 32.1 Å². The van der Waals surface area contributed by atoms with E-state index in [1.807, 2.05) is 0 Å². The zero-order valence-electron chi connectivity index (χ0n) is 10.2. The molecule has 0 fully saturated rings. The van der Waals surface area contributed by atoms with Gasteiger partial charge in [-0.1, -0.05) is 31.5 Å². The molecular formula is C13H20NP. The molecule has 0 spiro atoms. The van der Waals surface area contributed by atoms with E-state index >= 15 is 0 Å². The predicted octanol–water partition coefficient (Wildman–Crippen LogP) is 3.55. The molecule has 15 heavy (non-hydrogen) atoms. The molecule has 0 heterocycles. The van der Waals surface area contributed by atoms with Crippen molar-refractivity contribution in [1.82, 2.24) is 0 Å². The monoisotopic (exact) mass is 221 g/mol. The van der Waals surface area contributed by atoms with Gasteiger partial charge in [-0.15, -0.1) is 0 Å². The van der Waals surface area contributed by atoms with Gasteiger partial charge in [0.25, 0.3) is 0 Å². The first-order valence-corrected chi connectivity index (χ1v) is 6.35. The van der Waals surface area contributed by atoms with Gasteiger partial charge in [-0.05, 0) is 51.7 Å². The molecule has 1 rings (SSSR count). The zero-order chi connectivity index (χ0) is 11.6. The molecule has 0 saturated heterocycles. The first-order valence-electron chi connectivity index (χ1n) is 5.35. The Bertz CT molecular complexity index is 357. The van der Waals surface area contributed by atoms with Crippen LogP contribution in [-0.2, 0) is 0 Å². The van der Waals surface area contributed by atoms with E-state index in [-0.39, 0.29) is 0 Å². The van der Waals surface area contributed by atoms with Crippen LogP contribution in [-0.4, -0.2) is 5.45 Å². The van der Waals surface area contributed by atoms with Crippen LogP contribution in [0.5, 0.6) is 0 Å². The molecular weight excluding hydrogens is 201 g/mol. The quantitative estimate of drug-likeness (QED) is 0.596. The Morgan fingerprint density at radius 2 is 1.60 bits per heavy atom. The molecule has 1 nitrogen and oxygen atoms in total. The Balaban J connectivity index is 3.00. The Morgan fingerprint density at radius 3 is 2.00 bits per heavy atom. The summed E-state index contributed by atoms with van der Waals surface area (Å²) in [7, 11) is 0.536. The lowest BCUT2D eigenvalue weighted by Crippen LogP contribution is -2.11. The summed E-state index contributed by atoms with van der Waals surface area (Å²) in [5.41, 5.74) is 4.83. The molecule has 0 saturated carbocycles. The highest BCUT2D eigenvalue weighted by molar-refractivity contribution is 7.65. The fourth-order valence-electron chi connectivity index (χ4n) is 1.66. The second-order valence-corrected chi connectivity index (χ2v) is 5.76. The fourth-order valence-corrected chi connectivity index (χ4v) is 2.75. The van der Waals surface area contributed by atoms with Gasteiger partial charge in [-0.2, -0.15) is 0 Å². The van der Waals surface area contributed by atoms with Crippen molar-refractivity contribution in [3.63, 3.8) is 0 Å². The van der Waals surface area contributed by atoms with Gasteiger partial charge in [0.1, 0.15) is 0 Å². The number of hydrogen-bond acceptors (Lipinski definition) is 1. The SMILES string of the molecule is Cc1cc(C)c(PC(=N)C(C)C)c(C)c1. The minimum Gasteiger partial charge on any atom is -0.305 e. The van der Waals surface area contributed by atoms with Crippen molar-refractivity contribution in [2.45, 2.75) is 34.6 Å². The number of aryl methyl sites for hydroxylation is 3. The smallest absolute Gasteiger partial charge is 0.0358 e. The Kier molecular flexibility index (Phi) is 4.04. The lowest BCUT2D eigenvalue weighted by atomic mass is 10.1. The highest BCUT2D eigenvalue weighted by Gasteiger charge is 2.09. The summed E-state index contributed by atoms with van der Waals surface area (Å²) in [5.74, 6) is 0.364. The van der Waals surface area contributed by atoms with Crippen LogP contribution in [0.25, 0.3) is 0 Å². The Hall–Kier alpha value is -0.680. The second-order valence-electron chi connectivity index (χ2n) is 4.47. The minimum absolute atomic E-state index is 0.364. The van der Waals surface area contributed by atoms with Gasteiger partial charge in [0, 0.05) is 5.45 Å². The fraction of sp³-hybridized carbons (Fsp3) is 0.462. The third-order valence-corrected chi connectivity index (χ3v) is 4.40. The van der Waals surface area contributed by atoms with Crippen molar-refractivity contribution in [2.24, 2.45) is 5.92 Å². The van der Waals surface area contributed by atoms with E-state index in [4.69, 9.17) is 5.41 Å². The van der Waals surface area contributed by atoms with Crippen molar-refractivity contribution in [2.75, 3.05) is 0 Å². The van der Waals surface area contributed by atoms with Crippen molar-refractivity contribution < 1.29 is 0 Å². The van der Waals surface area contributed by atoms with Crippen LogP contribution in [0.15, 0.2) is 12.1 Å². The van der Waals surface area contributed by atoms with E-state index in [2.05, 4.69) is 46.8 Å². The van der Waals surface area contributed by atoms with Gasteiger partial charge < -0.3 is 5.41 Å². The molecule has 0 aliphatic carbocycles. The molecule has 0 bridgehead atoms. The maximum atomic E-state index is 7.94. The van der Waals surface area contributed by atoms with Gasteiger partial charge >= 0.3 is 0 Å². The largest absolute Gasteiger partial charge is 0.305 e. The number of nitrogens with one attached hydrogen (secondary N) is 1. The van der Waals surface area contributed by atoms with E-state index in [0.717, 1.165) is 5.45 Å². The van der Waals surface area contributed by atoms with E-state index in [9.17, 15) is 0 Å². The molecule has 82 valence electrons. The molecule has 2 heteroatoms. The van der Waals surface area contributed by atoms with E-state index in [1.165, 1.54) is 22.0 Å². The average molecular weight is 221 g/mol. The van der Waals surface area contributed by atoms with Gasteiger partial charge in [-0.3, -0.25) is 0 Å². The lowest BCUT2D eigenvalue weighted by Gasteiger charge is -2.13. The maximum Gasteiger partial charge on any atom is 0.0358 e. The highest BCUT2D eigenvalue weighted by Crippen LogP contribution is 2.22. The highest BCUT2D eigenvalue weighted by atomic mass is 31.1. The molecule has 0 aliphatic heterocycles. The maximum absolute atomic E-state index is 7.94. The van der Waals surface area contributed by atoms with Gasteiger partial charge in [-0.25, -0.2) is 0 Å². The third-order valence-electron chi connectivity index (χ3n) is 2.51. The average Bonchev–Trinajstić information content (AvgIpc) is 2.10. The zero-order valence-corrected chi connectivity index (χ0v) is 11.2. The summed E-state index contributed by atoms with van der Waals surface area (Å²) in [6, 6.07) is 4.42. The van der Waals surface area contributed by atoms with Crippen LogP contribution in [0.3, 0.4) is 0 Å². The number of hydrogen-bond donors (Lipinski definition) is 1. The summed E-state index contributed by atoms with van der Waals surface area (Å²) >= 11 is 0. The topological polar surface area (TPSA) is 23.9 Å². The minimum atomic E-state index is 0.364. The van der Waals surface area contributed by atoms with Gasteiger partial charge in [0.05, 0.1) is 0 Å². The van der Waals surface area contributed by atoms with E-state index in [1.54, 1.807) is 0 Å². The van der Waals surface area contributed by atoms with E-state index < -0.39 is 0 Å². The molecule has 1 N–H and O–H groups in total. The lowest BCUT2D eigenvalue weighted by molar-refractivity contribution is 0.894. The molecule has 1 unspecified atom stereocenters. The molecule has 0 amide bonds. The molecule has 1 atom stereocenters. The molecule has 0 aliphatic rings. The standard InChI is InChI=1S/C13H20NP/c1-8(2)13(14)15-12-10(4)6-9(3)7-11(12)5/h6-8,14-15H,1-5H3. The van der Waals surface area contributed by atoms with Crippen LogP contribution >= 0.6 is 8.58 Å². The summed E-state index contributed by atoms with van der Waals surface area (Å²) in [4.78, 5) is 0. The first-order chi connectivity index (χ1) is 6.91. The second kappa shape index (κ2) is 4.90. The van der Waals surface area contributed by atoms with Crippen molar-refractivity contribution >= 4 is 19.3 Å². The van der Waals surface area contributed by atoms with E-state index in [0.29, 0.717) is 14.5 Å². The summed E-state index contributed by atoms with van der Waals surface area (Å²) in [5, 5.41) is 9.30. The van der Waals surface area contributed by atoms with Crippen LogP contribution in [0.1, 0.15) is 30.5 Å². The first kappa shape index (κ1) is 12.4. The Morgan fingerprint density at radius 1 is 1.13 bits per heavy atom. The van der Waals surface area contributed by atoms with Crippen LogP contribution in [0.4, 0.5) is 0 Å².